The minimum atomic E-state index is -0.712. The molecule has 0 aliphatic heterocycles. The normalized spacial score (nSPS) is 10.6. The van der Waals surface area contributed by atoms with Crippen LogP contribution in [0.3, 0.4) is 0 Å². The molecule has 0 heterocycles. The summed E-state index contributed by atoms with van der Waals surface area (Å²) in [6.07, 6.45) is 3.33. The molecule has 9 heteroatoms. The van der Waals surface area contributed by atoms with E-state index < -0.39 is 23.4 Å². The number of para-hydroxylation sites is 2. The average molecular weight is 527 g/mol. The maximum Gasteiger partial charge on any atom is 0.259 e. The molecule has 0 unspecified atom stereocenters. The fraction of sp³-hybridized carbons (Fsp3) is 0.310. The average Bonchev–Trinajstić information content (AvgIpc) is 2.92. The number of ether oxygens (including phenoxy) is 3. The Balaban J connectivity index is 1.86. The summed E-state index contributed by atoms with van der Waals surface area (Å²) in [5.74, 6) is -2.15. The van der Waals surface area contributed by atoms with Crippen molar-refractivity contribution in [3.8, 4) is 17.2 Å². The fourth-order valence-corrected chi connectivity index (χ4v) is 3.54. The number of hydrogen-bond donors (Lipinski definition) is 2. The van der Waals surface area contributed by atoms with Gasteiger partial charge in [0, 0.05) is 5.56 Å². The molecule has 0 fully saturated rings. The van der Waals surface area contributed by atoms with Crippen molar-refractivity contribution in [3.05, 3.63) is 77.4 Å². The molecule has 0 aromatic heterocycles. The Kier molecular flexibility index (Phi) is 10.5. The summed E-state index contributed by atoms with van der Waals surface area (Å²) in [5, 5.41) is 5.06. The SMILES string of the molecule is CCCCOc1cccc(F)c1NC(=O)c1ccc(OC)c(C(=O)Nc2c(F)cccc2OCCCC)c1. The van der Waals surface area contributed by atoms with Crippen molar-refractivity contribution in [2.45, 2.75) is 39.5 Å². The Morgan fingerprint density at radius 3 is 1.76 bits per heavy atom. The zero-order valence-electron chi connectivity index (χ0n) is 21.7. The lowest BCUT2D eigenvalue weighted by Gasteiger charge is -2.16. The zero-order chi connectivity index (χ0) is 27.5. The van der Waals surface area contributed by atoms with Crippen LogP contribution in [0.1, 0.15) is 60.2 Å². The third kappa shape index (κ3) is 7.21. The highest BCUT2D eigenvalue weighted by molar-refractivity contribution is 6.10. The van der Waals surface area contributed by atoms with Crippen LogP contribution in [0.4, 0.5) is 20.2 Å². The summed E-state index contributed by atoms with van der Waals surface area (Å²) >= 11 is 0. The van der Waals surface area contributed by atoms with Gasteiger partial charge in [-0.25, -0.2) is 8.78 Å². The van der Waals surface area contributed by atoms with Crippen molar-refractivity contribution in [2.24, 2.45) is 0 Å². The summed E-state index contributed by atoms with van der Waals surface area (Å²) in [6.45, 7) is 4.74. The Bertz CT molecular complexity index is 1270. The molecule has 38 heavy (non-hydrogen) atoms. The maximum absolute atomic E-state index is 14.6. The van der Waals surface area contributed by atoms with Crippen LogP contribution in [-0.2, 0) is 0 Å². The number of anilines is 2. The highest BCUT2D eigenvalue weighted by Crippen LogP contribution is 2.31. The van der Waals surface area contributed by atoms with Gasteiger partial charge in [0.15, 0.2) is 11.6 Å². The second-order valence-corrected chi connectivity index (χ2v) is 8.45. The van der Waals surface area contributed by atoms with E-state index in [1.54, 1.807) is 12.1 Å². The lowest BCUT2D eigenvalue weighted by Crippen LogP contribution is -2.18. The van der Waals surface area contributed by atoms with Gasteiger partial charge in [0.1, 0.15) is 28.6 Å². The quantitative estimate of drug-likeness (QED) is 0.238. The molecular formula is C29H32F2N2O5. The van der Waals surface area contributed by atoms with E-state index in [-0.39, 0.29) is 39.8 Å². The molecule has 2 amide bonds. The Labute approximate surface area is 221 Å². The number of hydrogen-bond acceptors (Lipinski definition) is 5. The minimum absolute atomic E-state index is 0.0177. The van der Waals surface area contributed by atoms with E-state index in [4.69, 9.17) is 14.2 Å². The highest BCUT2D eigenvalue weighted by Gasteiger charge is 2.21. The molecular weight excluding hydrogens is 494 g/mol. The van der Waals surface area contributed by atoms with Crippen molar-refractivity contribution >= 4 is 23.2 Å². The number of amides is 2. The van der Waals surface area contributed by atoms with Crippen molar-refractivity contribution in [1.82, 2.24) is 0 Å². The van der Waals surface area contributed by atoms with Crippen molar-refractivity contribution in [1.29, 1.82) is 0 Å². The van der Waals surface area contributed by atoms with Gasteiger partial charge in [0.2, 0.25) is 0 Å². The molecule has 3 rings (SSSR count). The van der Waals surface area contributed by atoms with E-state index in [9.17, 15) is 18.4 Å². The van der Waals surface area contributed by atoms with Crippen LogP contribution in [0.25, 0.3) is 0 Å². The molecule has 0 aliphatic rings. The van der Waals surface area contributed by atoms with Crippen LogP contribution >= 0.6 is 0 Å². The number of methoxy groups -OCH3 is 1. The highest BCUT2D eigenvalue weighted by atomic mass is 19.1. The summed E-state index contributed by atoms with van der Waals surface area (Å²) < 4.78 is 45.7. The number of unbranched alkanes of at least 4 members (excludes halogenated alkanes) is 2. The zero-order valence-corrected chi connectivity index (χ0v) is 21.7. The molecule has 0 spiro atoms. The van der Waals surface area contributed by atoms with Crippen LogP contribution in [0.5, 0.6) is 17.2 Å². The molecule has 0 atom stereocenters. The number of carbonyl (C=O) groups is 2. The summed E-state index contributed by atoms with van der Waals surface area (Å²) in [7, 11) is 1.37. The van der Waals surface area contributed by atoms with Crippen LogP contribution in [0, 0.1) is 11.6 Å². The molecule has 0 saturated heterocycles. The number of benzene rings is 3. The third-order valence-electron chi connectivity index (χ3n) is 5.65. The van der Waals surface area contributed by atoms with Gasteiger partial charge in [-0.2, -0.15) is 0 Å². The molecule has 3 aromatic carbocycles. The van der Waals surface area contributed by atoms with Gasteiger partial charge in [-0.3, -0.25) is 9.59 Å². The molecule has 0 bridgehead atoms. The van der Waals surface area contributed by atoms with Crippen molar-refractivity contribution < 1.29 is 32.6 Å². The number of rotatable bonds is 13. The van der Waals surface area contributed by atoms with Crippen LogP contribution in [-0.4, -0.2) is 32.1 Å². The van der Waals surface area contributed by atoms with Crippen LogP contribution in [0.2, 0.25) is 0 Å². The number of halogens is 2. The van der Waals surface area contributed by atoms with Gasteiger partial charge in [-0.15, -0.1) is 0 Å². The van der Waals surface area contributed by atoms with E-state index in [1.807, 2.05) is 13.8 Å². The Morgan fingerprint density at radius 2 is 1.26 bits per heavy atom. The molecule has 3 aromatic rings. The third-order valence-corrected chi connectivity index (χ3v) is 5.65. The van der Waals surface area contributed by atoms with Crippen molar-refractivity contribution in [3.63, 3.8) is 0 Å². The Morgan fingerprint density at radius 1 is 0.737 bits per heavy atom. The predicted molar refractivity (Wildman–Crippen MR) is 143 cm³/mol. The summed E-state index contributed by atoms with van der Waals surface area (Å²) in [6, 6.07) is 12.7. The minimum Gasteiger partial charge on any atom is -0.496 e. The monoisotopic (exact) mass is 526 g/mol. The van der Waals surface area contributed by atoms with E-state index in [1.165, 1.54) is 49.6 Å². The number of nitrogens with one attached hydrogen (secondary N) is 2. The molecule has 0 saturated carbocycles. The predicted octanol–water partition coefficient (Wildman–Crippen LogP) is 6.84. The maximum atomic E-state index is 14.6. The van der Waals surface area contributed by atoms with Gasteiger partial charge in [-0.1, -0.05) is 38.8 Å². The first-order valence-electron chi connectivity index (χ1n) is 12.5. The first-order valence-corrected chi connectivity index (χ1v) is 12.5. The topological polar surface area (TPSA) is 85.9 Å². The van der Waals surface area contributed by atoms with E-state index in [2.05, 4.69) is 10.6 Å². The van der Waals surface area contributed by atoms with Crippen molar-refractivity contribution in [2.75, 3.05) is 31.0 Å². The van der Waals surface area contributed by atoms with E-state index in [0.29, 0.717) is 13.2 Å². The second-order valence-electron chi connectivity index (χ2n) is 8.45. The molecule has 202 valence electrons. The van der Waals surface area contributed by atoms with Gasteiger partial charge >= 0.3 is 0 Å². The smallest absolute Gasteiger partial charge is 0.259 e. The van der Waals surface area contributed by atoms with E-state index >= 15 is 0 Å². The van der Waals surface area contributed by atoms with Gasteiger partial charge in [-0.05, 0) is 55.3 Å². The van der Waals surface area contributed by atoms with Crippen LogP contribution in [0.15, 0.2) is 54.6 Å². The first-order chi connectivity index (χ1) is 18.4. The fourth-order valence-electron chi connectivity index (χ4n) is 3.54. The lowest BCUT2D eigenvalue weighted by atomic mass is 10.1. The molecule has 0 aliphatic carbocycles. The standard InChI is InChI=1S/C29H32F2N2O5/c1-4-6-16-37-24-12-8-10-21(30)26(24)32-28(34)19-14-15-23(36-3)20(18-19)29(35)33-27-22(31)11-9-13-25(27)38-17-7-5-2/h8-15,18H,4-7,16-17H2,1-3H3,(H,32,34)(H,33,35). The van der Waals surface area contributed by atoms with Gasteiger partial charge < -0.3 is 24.8 Å². The number of carbonyl (C=O) groups excluding carboxylic acids is 2. The second kappa shape index (κ2) is 14.0. The van der Waals surface area contributed by atoms with E-state index in [0.717, 1.165) is 25.7 Å². The Hall–Kier alpha value is -4.14. The van der Waals surface area contributed by atoms with Crippen LogP contribution < -0.4 is 24.8 Å². The molecule has 7 nitrogen and oxygen atoms in total. The summed E-state index contributed by atoms with van der Waals surface area (Å²) in [4.78, 5) is 26.2. The molecule has 0 radical (unpaired) electrons. The largest absolute Gasteiger partial charge is 0.496 e. The van der Waals surface area contributed by atoms with Gasteiger partial charge in [0.05, 0.1) is 25.9 Å². The summed E-state index contributed by atoms with van der Waals surface area (Å²) in [5.41, 5.74) is -0.177. The molecule has 2 N–H and O–H groups in total. The lowest BCUT2D eigenvalue weighted by molar-refractivity contribution is 0.102. The van der Waals surface area contributed by atoms with Gasteiger partial charge in [0.25, 0.3) is 11.8 Å². The first kappa shape index (κ1) is 28.4.